The summed E-state index contributed by atoms with van der Waals surface area (Å²) >= 11 is 0. The number of nitrogens with zero attached hydrogens (tertiary/aromatic N) is 5. The van der Waals surface area contributed by atoms with E-state index in [0.29, 0.717) is 17.5 Å². The van der Waals surface area contributed by atoms with E-state index in [4.69, 9.17) is 15.0 Å². The van der Waals surface area contributed by atoms with E-state index in [1.165, 1.54) is 69.8 Å². The molecule has 0 atom stereocenters. The maximum atomic E-state index is 4.88. The molecule has 4 rings (SSSR count). The second kappa shape index (κ2) is 14.8. The predicted molar refractivity (Wildman–Crippen MR) is 166 cm³/mol. The minimum absolute atomic E-state index is 0.578. The molecule has 0 aliphatic carbocycles. The largest absolute Gasteiger partial charge is 0.252 e. The normalized spacial score (nSPS) is 11.2. The fraction of sp³-hybridized carbons (Fsp3) is 0.457. The number of hydrogen-bond donors (Lipinski definition) is 0. The first-order valence-corrected chi connectivity index (χ1v) is 15.2. The molecule has 0 saturated carbocycles. The second-order valence-corrected chi connectivity index (χ2v) is 11.3. The summed E-state index contributed by atoms with van der Waals surface area (Å²) in [6, 6.07) is 12.9. The van der Waals surface area contributed by atoms with Gasteiger partial charge >= 0.3 is 0 Å². The van der Waals surface area contributed by atoms with Crippen molar-refractivity contribution in [1.29, 1.82) is 0 Å². The molecule has 210 valence electrons. The molecule has 1 aromatic carbocycles. The van der Waals surface area contributed by atoms with Crippen molar-refractivity contribution in [2.75, 3.05) is 0 Å². The van der Waals surface area contributed by atoms with Crippen LogP contribution in [0.15, 0.2) is 48.8 Å². The number of aryl methyl sites for hydroxylation is 5. The lowest BCUT2D eigenvalue weighted by molar-refractivity contribution is 0.556. The van der Waals surface area contributed by atoms with Crippen molar-refractivity contribution in [2.45, 2.75) is 105 Å². The number of hydrogen-bond acceptors (Lipinski definition) is 5. The van der Waals surface area contributed by atoms with Crippen molar-refractivity contribution in [3.63, 3.8) is 0 Å². The highest BCUT2D eigenvalue weighted by Gasteiger charge is 2.16. The molecule has 4 aromatic rings. The quantitative estimate of drug-likeness (QED) is 0.150. The molecular formula is C35H45N5. The van der Waals surface area contributed by atoms with Crippen LogP contribution >= 0.6 is 0 Å². The monoisotopic (exact) mass is 535 g/mol. The molecule has 3 heterocycles. The van der Waals surface area contributed by atoms with Gasteiger partial charge < -0.3 is 0 Å². The van der Waals surface area contributed by atoms with Gasteiger partial charge in [0, 0.05) is 18.0 Å². The van der Waals surface area contributed by atoms with Gasteiger partial charge in [-0.15, -0.1) is 0 Å². The van der Waals surface area contributed by atoms with Gasteiger partial charge in [-0.1, -0.05) is 101 Å². The van der Waals surface area contributed by atoms with E-state index in [1.54, 1.807) is 0 Å². The molecule has 40 heavy (non-hydrogen) atoms. The van der Waals surface area contributed by atoms with Crippen molar-refractivity contribution in [3.05, 3.63) is 76.6 Å². The van der Waals surface area contributed by atoms with Crippen LogP contribution in [0.3, 0.4) is 0 Å². The SMILES string of the molecule is CCCCCCCCCCCCc1ccc(-c2nc(-c3ncc(C)cc3C)nc(-c3ncc(C)cc3C)n2)cc1. The summed E-state index contributed by atoms with van der Waals surface area (Å²) in [5, 5.41) is 0. The highest BCUT2D eigenvalue weighted by Crippen LogP contribution is 2.27. The Hall–Kier alpha value is -3.47. The summed E-state index contributed by atoms with van der Waals surface area (Å²) in [4.78, 5) is 23.9. The Kier molecular flexibility index (Phi) is 10.9. The Morgan fingerprint density at radius 2 is 0.975 bits per heavy atom. The highest BCUT2D eigenvalue weighted by molar-refractivity contribution is 5.66. The van der Waals surface area contributed by atoms with Crippen LogP contribution in [0.25, 0.3) is 34.4 Å². The van der Waals surface area contributed by atoms with Gasteiger partial charge in [-0.05, 0) is 68.4 Å². The molecule has 0 aliphatic heterocycles. The first-order valence-electron chi connectivity index (χ1n) is 15.2. The lowest BCUT2D eigenvalue weighted by atomic mass is 10.0. The van der Waals surface area contributed by atoms with E-state index in [2.05, 4.69) is 67.1 Å². The van der Waals surface area contributed by atoms with E-state index < -0.39 is 0 Å². The van der Waals surface area contributed by atoms with Gasteiger partial charge in [-0.25, -0.2) is 15.0 Å². The standard InChI is InChI=1S/C35H45N5/c1-6-7-8-9-10-11-12-13-14-15-16-29-17-19-30(20-18-29)33-38-34(31-27(4)21-25(2)23-36-31)40-35(39-33)32-28(5)22-26(3)24-37-32/h17-24H,6-16H2,1-5H3. The van der Waals surface area contributed by atoms with Crippen LogP contribution in [0, 0.1) is 27.7 Å². The molecule has 0 N–H and O–H groups in total. The summed E-state index contributed by atoms with van der Waals surface area (Å²) in [6.07, 6.45) is 18.4. The van der Waals surface area contributed by atoms with Gasteiger partial charge in [0.2, 0.25) is 0 Å². The summed E-state index contributed by atoms with van der Waals surface area (Å²) in [5.74, 6) is 1.80. The minimum atomic E-state index is 0.578. The van der Waals surface area contributed by atoms with Crippen molar-refractivity contribution in [2.24, 2.45) is 0 Å². The number of benzene rings is 1. The fourth-order valence-electron chi connectivity index (χ4n) is 5.25. The van der Waals surface area contributed by atoms with Gasteiger partial charge in [0.05, 0.1) is 0 Å². The van der Waals surface area contributed by atoms with Crippen LogP contribution in [0.5, 0.6) is 0 Å². The lowest BCUT2D eigenvalue weighted by Gasteiger charge is -2.11. The van der Waals surface area contributed by atoms with Gasteiger partial charge in [-0.3, -0.25) is 9.97 Å². The Morgan fingerprint density at radius 1 is 0.525 bits per heavy atom. The van der Waals surface area contributed by atoms with E-state index in [-0.39, 0.29) is 0 Å². The summed E-state index contributed by atoms with van der Waals surface area (Å²) in [6.45, 7) is 10.5. The van der Waals surface area contributed by atoms with E-state index in [1.807, 2.05) is 26.2 Å². The minimum Gasteiger partial charge on any atom is -0.252 e. The Labute approximate surface area is 241 Å². The van der Waals surface area contributed by atoms with Gasteiger partial charge in [0.15, 0.2) is 17.5 Å². The van der Waals surface area contributed by atoms with Gasteiger partial charge in [-0.2, -0.15) is 0 Å². The number of pyridine rings is 2. The van der Waals surface area contributed by atoms with Crippen LogP contribution in [-0.4, -0.2) is 24.9 Å². The maximum absolute atomic E-state index is 4.88. The Balaban J connectivity index is 1.47. The average molecular weight is 536 g/mol. The van der Waals surface area contributed by atoms with Crippen LogP contribution in [-0.2, 0) is 6.42 Å². The zero-order valence-corrected chi connectivity index (χ0v) is 25.1. The van der Waals surface area contributed by atoms with Crippen LogP contribution in [0.4, 0.5) is 0 Å². The smallest absolute Gasteiger partial charge is 0.182 e. The molecule has 0 amide bonds. The molecular weight excluding hydrogens is 490 g/mol. The van der Waals surface area contributed by atoms with Crippen LogP contribution in [0.2, 0.25) is 0 Å². The lowest BCUT2D eigenvalue weighted by Crippen LogP contribution is -2.04. The van der Waals surface area contributed by atoms with Gasteiger partial charge in [0.1, 0.15) is 11.4 Å². The molecule has 0 spiro atoms. The topological polar surface area (TPSA) is 64.5 Å². The van der Waals surface area contributed by atoms with Crippen molar-refractivity contribution in [3.8, 4) is 34.4 Å². The molecule has 0 aliphatic rings. The second-order valence-electron chi connectivity index (χ2n) is 11.3. The van der Waals surface area contributed by atoms with E-state index in [9.17, 15) is 0 Å². The van der Waals surface area contributed by atoms with Crippen molar-refractivity contribution < 1.29 is 0 Å². The number of aromatic nitrogens is 5. The average Bonchev–Trinajstić information content (AvgIpc) is 2.94. The number of rotatable bonds is 14. The van der Waals surface area contributed by atoms with Gasteiger partial charge in [0.25, 0.3) is 0 Å². The van der Waals surface area contributed by atoms with Crippen molar-refractivity contribution in [1.82, 2.24) is 24.9 Å². The third-order valence-corrected chi connectivity index (χ3v) is 7.52. The molecule has 0 fully saturated rings. The summed E-state index contributed by atoms with van der Waals surface area (Å²) in [5.41, 5.74) is 8.22. The van der Waals surface area contributed by atoms with E-state index in [0.717, 1.165) is 45.6 Å². The zero-order chi connectivity index (χ0) is 28.3. The molecule has 5 nitrogen and oxygen atoms in total. The third kappa shape index (κ3) is 8.27. The van der Waals surface area contributed by atoms with E-state index >= 15 is 0 Å². The van der Waals surface area contributed by atoms with Crippen LogP contribution < -0.4 is 0 Å². The third-order valence-electron chi connectivity index (χ3n) is 7.52. The summed E-state index contributed by atoms with van der Waals surface area (Å²) < 4.78 is 0. The highest BCUT2D eigenvalue weighted by atomic mass is 15.1. The molecule has 3 aromatic heterocycles. The molecule has 0 radical (unpaired) electrons. The van der Waals surface area contributed by atoms with Crippen molar-refractivity contribution >= 4 is 0 Å². The number of unbranched alkanes of at least 4 members (excludes halogenated alkanes) is 9. The first kappa shape index (κ1) is 29.5. The Morgan fingerprint density at radius 3 is 1.45 bits per heavy atom. The molecule has 0 unspecified atom stereocenters. The first-order chi connectivity index (χ1) is 19.4. The maximum Gasteiger partial charge on any atom is 0.182 e. The fourth-order valence-corrected chi connectivity index (χ4v) is 5.25. The molecule has 5 heteroatoms. The van der Waals surface area contributed by atoms with Crippen LogP contribution in [0.1, 0.15) is 98.9 Å². The predicted octanol–water partition coefficient (Wildman–Crippen LogP) is 9.36. The molecule has 0 bridgehead atoms. The molecule has 0 saturated heterocycles. The Bertz CT molecular complexity index is 1310. The zero-order valence-electron chi connectivity index (χ0n) is 25.1. The summed E-state index contributed by atoms with van der Waals surface area (Å²) in [7, 11) is 0.